The molecule has 19 heavy (non-hydrogen) atoms. The van der Waals surface area contributed by atoms with Crippen molar-refractivity contribution in [2.24, 2.45) is 5.73 Å². The van der Waals surface area contributed by atoms with E-state index in [0.29, 0.717) is 17.9 Å². The minimum absolute atomic E-state index is 0. The lowest BCUT2D eigenvalue weighted by Crippen LogP contribution is -2.09. The quantitative estimate of drug-likeness (QED) is 0.693. The smallest absolute Gasteiger partial charge is 0.343 e. The van der Waals surface area contributed by atoms with E-state index in [1.54, 1.807) is 24.3 Å². The first-order valence-corrected chi connectivity index (χ1v) is 5.77. The van der Waals surface area contributed by atoms with Gasteiger partial charge in [0.15, 0.2) is 0 Å². The fraction of sp³-hybridized carbons (Fsp3) is 0.133. The number of hydrogen-bond donors (Lipinski definition) is 1. The van der Waals surface area contributed by atoms with Gasteiger partial charge in [0, 0.05) is 6.54 Å². The molecule has 0 unspecified atom stereocenters. The van der Waals surface area contributed by atoms with Crippen molar-refractivity contribution in [2.45, 2.75) is 13.5 Å². The molecule has 100 valence electrons. The summed E-state index contributed by atoms with van der Waals surface area (Å²) in [5.41, 5.74) is 8.15. The third-order valence-corrected chi connectivity index (χ3v) is 2.75. The molecule has 4 heteroatoms. The lowest BCUT2D eigenvalue weighted by molar-refractivity contribution is 0.0734. The van der Waals surface area contributed by atoms with Crippen LogP contribution in [0, 0.1) is 6.92 Å². The lowest BCUT2D eigenvalue weighted by atomic mass is 10.1. The van der Waals surface area contributed by atoms with Gasteiger partial charge in [-0.05, 0) is 42.3 Å². The molecule has 0 spiro atoms. The Kier molecular flexibility index (Phi) is 5.55. The number of hydrogen-bond acceptors (Lipinski definition) is 3. The van der Waals surface area contributed by atoms with Crippen molar-refractivity contribution in [1.29, 1.82) is 0 Å². The van der Waals surface area contributed by atoms with Gasteiger partial charge in [0.05, 0.1) is 5.56 Å². The van der Waals surface area contributed by atoms with E-state index in [4.69, 9.17) is 10.5 Å². The maximum Gasteiger partial charge on any atom is 0.343 e. The Labute approximate surface area is 118 Å². The number of carbonyl (C=O) groups is 1. The number of para-hydroxylation sites is 1. The molecular formula is C15H16ClNO2. The molecular weight excluding hydrogens is 262 g/mol. The van der Waals surface area contributed by atoms with Crippen LogP contribution >= 0.6 is 12.4 Å². The van der Waals surface area contributed by atoms with Crippen LogP contribution < -0.4 is 10.5 Å². The number of ether oxygens (including phenoxy) is 1. The predicted octanol–water partition coefficient (Wildman–Crippen LogP) is 3.09. The van der Waals surface area contributed by atoms with E-state index in [-0.39, 0.29) is 18.4 Å². The number of aryl methyl sites for hydroxylation is 1. The van der Waals surface area contributed by atoms with E-state index in [1.165, 1.54) is 0 Å². The van der Waals surface area contributed by atoms with Crippen LogP contribution in [0.15, 0.2) is 48.5 Å². The van der Waals surface area contributed by atoms with Gasteiger partial charge in [-0.1, -0.05) is 24.3 Å². The molecule has 0 aliphatic carbocycles. The molecule has 0 aromatic heterocycles. The van der Waals surface area contributed by atoms with E-state index >= 15 is 0 Å². The lowest BCUT2D eigenvalue weighted by Gasteiger charge is -2.07. The Morgan fingerprint density at radius 3 is 2.42 bits per heavy atom. The Hall–Kier alpha value is -1.84. The number of esters is 1. The van der Waals surface area contributed by atoms with Crippen molar-refractivity contribution >= 4 is 18.4 Å². The number of rotatable bonds is 3. The van der Waals surface area contributed by atoms with Gasteiger partial charge in [-0.3, -0.25) is 0 Å². The highest BCUT2D eigenvalue weighted by Gasteiger charge is 2.09. The molecule has 3 nitrogen and oxygen atoms in total. The van der Waals surface area contributed by atoms with Crippen LogP contribution in [0.25, 0.3) is 0 Å². The average molecular weight is 278 g/mol. The second-order valence-electron chi connectivity index (χ2n) is 4.05. The highest BCUT2D eigenvalue weighted by atomic mass is 35.5. The first-order valence-electron chi connectivity index (χ1n) is 5.77. The molecule has 0 saturated carbocycles. The van der Waals surface area contributed by atoms with Crippen LogP contribution in [-0.4, -0.2) is 5.97 Å². The number of benzene rings is 2. The maximum absolute atomic E-state index is 11.9. The van der Waals surface area contributed by atoms with Crippen LogP contribution in [0.5, 0.6) is 5.75 Å². The van der Waals surface area contributed by atoms with Gasteiger partial charge in [-0.25, -0.2) is 4.79 Å². The second-order valence-corrected chi connectivity index (χ2v) is 4.05. The summed E-state index contributed by atoms with van der Waals surface area (Å²) >= 11 is 0. The van der Waals surface area contributed by atoms with Gasteiger partial charge < -0.3 is 10.5 Å². The zero-order chi connectivity index (χ0) is 13.0. The molecule has 0 saturated heterocycles. The third kappa shape index (κ3) is 3.81. The molecule has 0 amide bonds. The minimum atomic E-state index is -0.354. The van der Waals surface area contributed by atoms with Gasteiger partial charge in [0.1, 0.15) is 5.75 Å². The van der Waals surface area contributed by atoms with Crippen molar-refractivity contribution in [1.82, 2.24) is 0 Å². The molecule has 0 bridgehead atoms. The summed E-state index contributed by atoms with van der Waals surface area (Å²) in [6.45, 7) is 2.40. The van der Waals surface area contributed by atoms with Crippen molar-refractivity contribution < 1.29 is 9.53 Å². The molecule has 0 aliphatic heterocycles. The van der Waals surface area contributed by atoms with Crippen LogP contribution in [0.3, 0.4) is 0 Å². The van der Waals surface area contributed by atoms with Crippen molar-refractivity contribution in [3.05, 3.63) is 65.2 Å². The Bertz CT molecular complexity index is 555. The summed E-state index contributed by atoms with van der Waals surface area (Å²) in [5, 5.41) is 0. The fourth-order valence-electron chi connectivity index (χ4n) is 1.71. The predicted molar refractivity (Wildman–Crippen MR) is 77.7 cm³/mol. The van der Waals surface area contributed by atoms with E-state index < -0.39 is 0 Å². The molecule has 0 aliphatic rings. The third-order valence-electron chi connectivity index (χ3n) is 2.75. The van der Waals surface area contributed by atoms with Gasteiger partial charge in [0.2, 0.25) is 0 Å². The topological polar surface area (TPSA) is 52.3 Å². The highest BCUT2D eigenvalue weighted by molar-refractivity contribution is 5.91. The standard InChI is InChI=1S/C15H15NO2.ClH/c1-11-9-12(7-8-13(11)10-16)15(17)18-14-5-3-2-4-6-14;/h2-9H,10,16H2,1H3;1H. The van der Waals surface area contributed by atoms with Crippen LogP contribution in [0.4, 0.5) is 0 Å². The highest BCUT2D eigenvalue weighted by Crippen LogP contribution is 2.14. The van der Waals surface area contributed by atoms with E-state index in [9.17, 15) is 4.79 Å². The summed E-state index contributed by atoms with van der Waals surface area (Å²) < 4.78 is 5.26. The monoisotopic (exact) mass is 277 g/mol. The first kappa shape index (κ1) is 15.2. The molecule has 2 N–H and O–H groups in total. The molecule has 0 heterocycles. The maximum atomic E-state index is 11.9. The van der Waals surface area contributed by atoms with Gasteiger partial charge in [-0.15, -0.1) is 12.4 Å². The second kappa shape index (κ2) is 6.92. The summed E-state index contributed by atoms with van der Waals surface area (Å²) in [7, 11) is 0. The normalized spacial score (nSPS) is 9.58. The number of halogens is 1. The first-order chi connectivity index (χ1) is 8.70. The Morgan fingerprint density at radius 1 is 1.16 bits per heavy atom. The van der Waals surface area contributed by atoms with Crippen molar-refractivity contribution in [3.63, 3.8) is 0 Å². The molecule has 2 aromatic rings. The Balaban J connectivity index is 0.00000180. The van der Waals surface area contributed by atoms with E-state index in [2.05, 4.69) is 0 Å². The van der Waals surface area contributed by atoms with Crippen molar-refractivity contribution in [3.8, 4) is 5.75 Å². The minimum Gasteiger partial charge on any atom is -0.423 e. The van der Waals surface area contributed by atoms with Crippen molar-refractivity contribution in [2.75, 3.05) is 0 Å². The van der Waals surface area contributed by atoms with Crippen LogP contribution in [0.2, 0.25) is 0 Å². The molecule has 0 atom stereocenters. The largest absolute Gasteiger partial charge is 0.423 e. The number of carbonyl (C=O) groups excluding carboxylic acids is 1. The fourth-order valence-corrected chi connectivity index (χ4v) is 1.71. The number of nitrogens with two attached hydrogens (primary N) is 1. The van der Waals surface area contributed by atoms with Crippen LogP contribution in [0.1, 0.15) is 21.5 Å². The molecule has 2 aromatic carbocycles. The van der Waals surface area contributed by atoms with Gasteiger partial charge in [0.25, 0.3) is 0 Å². The van der Waals surface area contributed by atoms with Gasteiger partial charge >= 0.3 is 5.97 Å². The summed E-state index contributed by atoms with van der Waals surface area (Å²) in [6.07, 6.45) is 0. The SMILES string of the molecule is Cc1cc(C(=O)Oc2ccccc2)ccc1CN.Cl. The molecule has 2 rings (SSSR count). The van der Waals surface area contributed by atoms with Crippen LogP contribution in [-0.2, 0) is 6.54 Å². The zero-order valence-electron chi connectivity index (χ0n) is 10.6. The van der Waals surface area contributed by atoms with E-state index in [1.807, 2.05) is 31.2 Å². The summed E-state index contributed by atoms with van der Waals surface area (Å²) in [6, 6.07) is 14.4. The summed E-state index contributed by atoms with van der Waals surface area (Å²) in [4.78, 5) is 11.9. The van der Waals surface area contributed by atoms with E-state index in [0.717, 1.165) is 11.1 Å². The average Bonchev–Trinajstić information content (AvgIpc) is 2.39. The Morgan fingerprint density at radius 2 is 1.84 bits per heavy atom. The zero-order valence-corrected chi connectivity index (χ0v) is 11.4. The molecule has 0 fully saturated rings. The molecule has 0 radical (unpaired) electrons. The van der Waals surface area contributed by atoms with Gasteiger partial charge in [-0.2, -0.15) is 0 Å². The summed E-state index contributed by atoms with van der Waals surface area (Å²) in [5.74, 6) is 0.191.